The summed E-state index contributed by atoms with van der Waals surface area (Å²) in [5.74, 6) is 0.324. The summed E-state index contributed by atoms with van der Waals surface area (Å²) in [5, 5.41) is 0. The van der Waals surface area contributed by atoms with Crippen LogP contribution in [0, 0.1) is 5.41 Å². The molecular weight excluding hydrogens is 202 g/mol. The number of piperidine rings is 1. The van der Waals surface area contributed by atoms with Gasteiger partial charge in [-0.1, -0.05) is 20.8 Å². The summed E-state index contributed by atoms with van der Waals surface area (Å²) in [6.07, 6.45) is 2.60. The lowest BCUT2D eigenvalue weighted by molar-refractivity contribution is -0.128. The first-order valence-corrected chi connectivity index (χ1v) is 6.30. The third kappa shape index (κ3) is 4.22. The molecule has 0 aromatic carbocycles. The van der Waals surface area contributed by atoms with Gasteiger partial charge in [0.1, 0.15) is 0 Å². The van der Waals surface area contributed by atoms with Gasteiger partial charge in [0.25, 0.3) is 0 Å². The minimum absolute atomic E-state index is 0.224. The van der Waals surface area contributed by atoms with E-state index in [4.69, 9.17) is 4.74 Å². The Morgan fingerprint density at radius 2 is 2.12 bits per heavy atom. The molecule has 0 aliphatic carbocycles. The van der Waals surface area contributed by atoms with Crippen LogP contribution in [0.2, 0.25) is 0 Å². The van der Waals surface area contributed by atoms with Crippen LogP contribution in [-0.4, -0.2) is 43.0 Å². The fourth-order valence-corrected chi connectivity index (χ4v) is 1.97. The van der Waals surface area contributed by atoms with Crippen molar-refractivity contribution in [3.8, 4) is 0 Å². The number of rotatable bonds is 4. The lowest BCUT2D eigenvalue weighted by atomic mass is 9.90. The standard InChI is InChI=1S/C13H25NO2/c1-5-16-11-7-6-8-14(9-11)10-12(15)13(2,3)4/h11H,5-10H2,1-4H3. The Balaban J connectivity index is 2.40. The molecule has 1 unspecified atom stereocenters. The molecule has 0 aromatic rings. The maximum Gasteiger partial charge on any atom is 0.152 e. The van der Waals surface area contributed by atoms with Gasteiger partial charge >= 0.3 is 0 Å². The van der Waals surface area contributed by atoms with Crippen molar-refractivity contribution in [3.05, 3.63) is 0 Å². The van der Waals surface area contributed by atoms with E-state index in [1.807, 2.05) is 27.7 Å². The highest BCUT2D eigenvalue weighted by Gasteiger charge is 2.26. The number of carbonyl (C=O) groups excluding carboxylic acids is 1. The molecule has 0 saturated carbocycles. The average Bonchev–Trinajstić information content (AvgIpc) is 2.17. The van der Waals surface area contributed by atoms with Gasteiger partial charge in [0.2, 0.25) is 0 Å². The van der Waals surface area contributed by atoms with Crippen LogP contribution in [0.4, 0.5) is 0 Å². The molecule has 0 aromatic heterocycles. The summed E-state index contributed by atoms with van der Waals surface area (Å²) < 4.78 is 5.63. The molecule has 0 bridgehead atoms. The van der Waals surface area contributed by atoms with Gasteiger partial charge in [-0.2, -0.15) is 0 Å². The van der Waals surface area contributed by atoms with E-state index < -0.39 is 0 Å². The average molecular weight is 227 g/mol. The van der Waals surface area contributed by atoms with Crippen molar-refractivity contribution < 1.29 is 9.53 Å². The highest BCUT2D eigenvalue weighted by Crippen LogP contribution is 2.18. The topological polar surface area (TPSA) is 29.5 Å². The fourth-order valence-electron chi connectivity index (χ4n) is 1.97. The monoisotopic (exact) mass is 227 g/mol. The second kappa shape index (κ2) is 5.78. The molecular formula is C13H25NO2. The Kier molecular flexibility index (Phi) is 4.93. The summed E-state index contributed by atoms with van der Waals surface area (Å²) >= 11 is 0. The Morgan fingerprint density at radius 1 is 1.44 bits per heavy atom. The van der Waals surface area contributed by atoms with Crippen molar-refractivity contribution in [1.29, 1.82) is 0 Å². The molecule has 1 rings (SSSR count). The number of likely N-dealkylation sites (tertiary alicyclic amines) is 1. The van der Waals surface area contributed by atoms with Gasteiger partial charge in [0.05, 0.1) is 12.6 Å². The van der Waals surface area contributed by atoms with Crippen molar-refractivity contribution in [1.82, 2.24) is 4.90 Å². The smallest absolute Gasteiger partial charge is 0.152 e. The van der Waals surface area contributed by atoms with Crippen molar-refractivity contribution >= 4 is 5.78 Å². The maximum atomic E-state index is 11.9. The Labute approximate surface area is 99.1 Å². The van der Waals surface area contributed by atoms with Crippen LogP contribution in [0.1, 0.15) is 40.5 Å². The van der Waals surface area contributed by atoms with E-state index in [2.05, 4.69) is 4.90 Å². The highest BCUT2D eigenvalue weighted by molar-refractivity contribution is 5.85. The first-order valence-electron chi connectivity index (χ1n) is 6.30. The summed E-state index contributed by atoms with van der Waals surface area (Å²) in [5.41, 5.74) is -0.224. The molecule has 1 aliphatic heterocycles. The predicted octanol–water partition coefficient (Wildman–Crippen LogP) is 2.10. The lowest BCUT2D eigenvalue weighted by Crippen LogP contribution is -2.44. The largest absolute Gasteiger partial charge is 0.377 e. The number of ketones is 1. The molecule has 1 fully saturated rings. The van der Waals surface area contributed by atoms with Crippen LogP contribution >= 0.6 is 0 Å². The van der Waals surface area contributed by atoms with Gasteiger partial charge in [0.15, 0.2) is 5.78 Å². The third-order valence-corrected chi connectivity index (χ3v) is 3.07. The van der Waals surface area contributed by atoms with Gasteiger partial charge in [-0.15, -0.1) is 0 Å². The summed E-state index contributed by atoms with van der Waals surface area (Å²) in [4.78, 5) is 14.1. The Hall–Kier alpha value is -0.410. The minimum Gasteiger partial charge on any atom is -0.377 e. The summed E-state index contributed by atoms with van der Waals surface area (Å²) in [7, 11) is 0. The number of hydrogen-bond acceptors (Lipinski definition) is 3. The number of carbonyl (C=O) groups is 1. The second-order valence-corrected chi connectivity index (χ2v) is 5.63. The van der Waals surface area contributed by atoms with E-state index >= 15 is 0 Å². The van der Waals surface area contributed by atoms with Crippen LogP contribution < -0.4 is 0 Å². The van der Waals surface area contributed by atoms with Gasteiger partial charge in [-0.25, -0.2) is 0 Å². The molecule has 1 heterocycles. The van der Waals surface area contributed by atoms with Gasteiger partial charge in [-0.3, -0.25) is 9.69 Å². The molecule has 3 heteroatoms. The number of ether oxygens (including phenoxy) is 1. The highest BCUT2D eigenvalue weighted by atomic mass is 16.5. The molecule has 0 radical (unpaired) electrons. The zero-order valence-corrected chi connectivity index (χ0v) is 11.1. The molecule has 0 amide bonds. The first kappa shape index (κ1) is 13.7. The van der Waals surface area contributed by atoms with Crippen molar-refractivity contribution in [2.45, 2.75) is 46.6 Å². The molecule has 1 aliphatic rings. The first-order chi connectivity index (χ1) is 7.43. The van der Waals surface area contributed by atoms with E-state index in [1.165, 1.54) is 0 Å². The number of hydrogen-bond donors (Lipinski definition) is 0. The summed E-state index contributed by atoms with van der Waals surface area (Å²) in [6, 6.07) is 0. The van der Waals surface area contributed by atoms with E-state index in [-0.39, 0.29) is 5.41 Å². The molecule has 3 nitrogen and oxygen atoms in total. The van der Waals surface area contributed by atoms with Crippen LogP contribution in [0.15, 0.2) is 0 Å². The molecule has 94 valence electrons. The van der Waals surface area contributed by atoms with Crippen molar-refractivity contribution in [3.63, 3.8) is 0 Å². The molecule has 16 heavy (non-hydrogen) atoms. The van der Waals surface area contributed by atoms with Gasteiger partial charge < -0.3 is 4.74 Å². The number of Topliss-reactive ketones (excluding diaryl/α,β-unsaturated/α-hetero) is 1. The summed E-state index contributed by atoms with van der Waals surface area (Å²) in [6.45, 7) is 11.3. The number of nitrogens with zero attached hydrogens (tertiary/aromatic N) is 1. The second-order valence-electron chi connectivity index (χ2n) is 5.63. The van der Waals surface area contributed by atoms with Gasteiger partial charge in [0, 0.05) is 18.6 Å². The van der Waals surface area contributed by atoms with E-state index in [0.29, 0.717) is 18.4 Å². The fraction of sp³-hybridized carbons (Fsp3) is 0.923. The maximum absolute atomic E-state index is 11.9. The quantitative estimate of drug-likeness (QED) is 0.736. The van der Waals surface area contributed by atoms with E-state index in [9.17, 15) is 4.79 Å². The molecule has 1 atom stereocenters. The zero-order valence-electron chi connectivity index (χ0n) is 11.1. The predicted molar refractivity (Wildman–Crippen MR) is 65.6 cm³/mol. The minimum atomic E-state index is -0.224. The van der Waals surface area contributed by atoms with Crippen LogP contribution in [0.25, 0.3) is 0 Å². The molecule has 0 spiro atoms. The molecule has 1 saturated heterocycles. The normalized spacial score (nSPS) is 23.4. The van der Waals surface area contributed by atoms with Gasteiger partial charge in [-0.05, 0) is 26.3 Å². The Morgan fingerprint density at radius 3 is 2.69 bits per heavy atom. The Bertz CT molecular complexity index is 231. The van der Waals surface area contributed by atoms with Crippen LogP contribution in [0.3, 0.4) is 0 Å². The van der Waals surface area contributed by atoms with Crippen LogP contribution in [0.5, 0.6) is 0 Å². The van der Waals surface area contributed by atoms with E-state index in [0.717, 1.165) is 32.5 Å². The van der Waals surface area contributed by atoms with E-state index in [1.54, 1.807) is 0 Å². The third-order valence-electron chi connectivity index (χ3n) is 3.07. The zero-order chi connectivity index (χ0) is 12.2. The molecule has 0 N–H and O–H groups in total. The van der Waals surface area contributed by atoms with Crippen molar-refractivity contribution in [2.75, 3.05) is 26.2 Å². The van der Waals surface area contributed by atoms with Crippen molar-refractivity contribution in [2.24, 2.45) is 5.41 Å². The van der Waals surface area contributed by atoms with Crippen LogP contribution in [-0.2, 0) is 9.53 Å². The SMILES string of the molecule is CCOC1CCCN(CC(=O)C(C)(C)C)C1. The lowest BCUT2D eigenvalue weighted by Gasteiger charge is -2.33.